The Balaban J connectivity index is 1.59. The second-order valence-corrected chi connectivity index (χ2v) is 9.18. The van der Waals surface area contributed by atoms with Crippen LogP contribution in [-0.2, 0) is 28.5 Å². The molecular weight excluding hydrogens is 424 g/mol. The molecule has 4 unspecified atom stereocenters. The highest BCUT2D eigenvalue weighted by Gasteiger charge is 2.72. The Labute approximate surface area is 195 Å². The van der Waals surface area contributed by atoms with Crippen LogP contribution >= 0.6 is 0 Å². The third kappa shape index (κ3) is 6.31. The second-order valence-electron chi connectivity index (χ2n) is 9.18. The van der Waals surface area contributed by atoms with Gasteiger partial charge < -0.3 is 24.1 Å². The number of esters is 1. The summed E-state index contributed by atoms with van der Waals surface area (Å²) in [4.78, 5) is 22.8. The highest BCUT2D eigenvalue weighted by atomic mass is 16.6. The van der Waals surface area contributed by atoms with Crippen LogP contribution < -0.4 is 0 Å². The molecule has 0 amide bonds. The maximum atomic E-state index is 12.4. The summed E-state index contributed by atoms with van der Waals surface area (Å²) in [5, 5.41) is 8.51. The molecule has 6 atom stereocenters. The second kappa shape index (κ2) is 10.6. The predicted molar refractivity (Wildman–Crippen MR) is 124 cm³/mol. The lowest BCUT2D eigenvalue weighted by molar-refractivity contribution is -0.166. The van der Waals surface area contributed by atoms with E-state index >= 15 is 0 Å². The molecule has 2 saturated heterocycles. The third-order valence-corrected chi connectivity index (χ3v) is 6.53. The van der Waals surface area contributed by atoms with Crippen LogP contribution in [0.4, 0.5) is 0 Å². The third-order valence-electron chi connectivity index (χ3n) is 6.53. The minimum absolute atomic E-state index is 0.00928. The summed E-state index contributed by atoms with van der Waals surface area (Å²) in [6.07, 6.45) is 16.0. The highest BCUT2D eigenvalue weighted by Crippen LogP contribution is 2.59. The molecule has 1 aliphatic carbocycles. The van der Waals surface area contributed by atoms with Crippen LogP contribution in [0.3, 0.4) is 0 Å². The Kier molecular flexibility index (Phi) is 8.10. The van der Waals surface area contributed by atoms with E-state index in [9.17, 15) is 9.59 Å². The summed E-state index contributed by atoms with van der Waals surface area (Å²) in [6, 6.07) is 0. The monoisotopic (exact) mass is 458 g/mol. The largest absolute Gasteiger partial charge is 0.478 e. The van der Waals surface area contributed by atoms with Crippen LogP contribution in [0.5, 0.6) is 0 Å². The standard InChI is InChI=1S/C26H34O7/c1-18(2)13-14-20-25(3,33-20)24-23(30-4)19(15-16-26(24)17-31-26)32-22(29)12-10-8-6-5-7-9-11-21(27)28/h5-13,19-20,23-24H,14-17H2,1-4H3,(H,27,28)/b7-5+,8-6+,11-9+,12-10+/t19?,20-,23?,24?,25?,26+/m1/s1. The number of rotatable bonds is 10. The molecule has 3 fully saturated rings. The zero-order valence-corrected chi connectivity index (χ0v) is 19.7. The quantitative estimate of drug-likeness (QED) is 0.174. The Bertz CT molecular complexity index is 873. The highest BCUT2D eigenvalue weighted by molar-refractivity contribution is 5.82. The van der Waals surface area contributed by atoms with E-state index in [1.54, 1.807) is 37.5 Å². The van der Waals surface area contributed by atoms with E-state index in [1.807, 2.05) is 0 Å². The van der Waals surface area contributed by atoms with E-state index in [4.69, 9.17) is 24.1 Å². The van der Waals surface area contributed by atoms with Gasteiger partial charge in [-0.05, 0) is 40.0 Å². The van der Waals surface area contributed by atoms with E-state index < -0.39 is 11.9 Å². The van der Waals surface area contributed by atoms with Gasteiger partial charge in [0.2, 0.25) is 0 Å². The van der Waals surface area contributed by atoms with Crippen molar-refractivity contribution >= 4 is 11.9 Å². The molecule has 0 radical (unpaired) electrons. The number of carboxylic acid groups (broad SMARTS) is 1. The Morgan fingerprint density at radius 2 is 1.73 bits per heavy atom. The molecule has 2 heterocycles. The van der Waals surface area contributed by atoms with Crippen molar-refractivity contribution < 1.29 is 33.6 Å². The zero-order chi connectivity index (χ0) is 24.1. The van der Waals surface area contributed by atoms with Gasteiger partial charge in [0.1, 0.15) is 23.4 Å². The fourth-order valence-corrected chi connectivity index (χ4v) is 4.79. The molecule has 180 valence electrons. The van der Waals surface area contributed by atoms with E-state index in [-0.39, 0.29) is 35.4 Å². The van der Waals surface area contributed by atoms with Gasteiger partial charge in [0.15, 0.2) is 0 Å². The topological polar surface area (TPSA) is 97.9 Å². The first kappa shape index (κ1) is 25.1. The summed E-state index contributed by atoms with van der Waals surface area (Å²) in [5.41, 5.74) is 0.642. The summed E-state index contributed by atoms with van der Waals surface area (Å²) in [6.45, 7) is 6.96. The summed E-state index contributed by atoms with van der Waals surface area (Å²) >= 11 is 0. The van der Waals surface area contributed by atoms with Crippen molar-refractivity contribution in [2.75, 3.05) is 13.7 Å². The van der Waals surface area contributed by atoms with Gasteiger partial charge in [-0.25, -0.2) is 9.59 Å². The lowest BCUT2D eigenvalue weighted by Gasteiger charge is -2.42. The van der Waals surface area contributed by atoms with E-state index in [0.717, 1.165) is 18.9 Å². The number of carbonyl (C=O) groups is 2. The van der Waals surface area contributed by atoms with Crippen LogP contribution in [0.2, 0.25) is 0 Å². The lowest BCUT2D eigenvalue weighted by atomic mass is 9.68. The van der Waals surface area contributed by atoms with E-state index in [1.165, 1.54) is 17.7 Å². The summed E-state index contributed by atoms with van der Waals surface area (Å²) in [7, 11) is 1.65. The van der Waals surface area contributed by atoms with Gasteiger partial charge in [0, 0.05) is 19.3 Å². The molecule has 33 heavy (non-hydrogen) atoms. The van der Waals surface area contributed by atoms with Crippen molar-refractivity contribution in [2.45, 2.75) is 69.5 Å². The number of carboxylic acids is 1. The lowest BCUT2D eigenvalue weighted by Crippen LogP contribution is -2.55. The van der Waals surface area contributed by atoms with Crippen molar-refractivity contribution in [2.24, 2.45) is 5.92 Å². The molecule has 0 aromatic carbocycles. The smallest absolute Gasteiger partial charge is 0.331 e. The number of aliphatic carboxylic acids is 1. The zero-order valence-electron chi connectivity index (χ0n) is 19.7. The van der Waals surface area contributed by atoms with Crippen LogP contribution in [0.15, 0.2) is 60.3 Å². The van der Waals surface area contributed by atoms with Crippen molar-refractivity contribution in [1.29, 1.82) is 0 Å². The molecular formula is C26H34O7. The van der Waals surface area contributed by atoms with Crippen LogP contribution in [0.25, 0.3) is 0 Å². The molecule has 7 nitrogen and oxygen atoms in total. The van der Waals surface area contributed by atoms with Gasteiger partial charge >= 0.3 is 11.9 Å². The molecule has 0 aromatic rings. The number of ether oxygens (including phenoxy) is 4. The average Bonchev–Trinajstić information content (AvgIpc) is 3.67. The first-order valence-electron chi connectivity index (χ1n) is 11.3. The molecule has 3 aliphatic rings. The molecule has 1 saturated carbocycles. The number of allylic oxidation sites excluding steroid dienone is 7. The van der Waals surface area contributed by atoms with Gasteiger partial charge in [0.05, 0.1) is 18.6 Å². The van der Waals surface area contributed by atoms with Crippen molar-refractivity contribution in [3.8, 4) is 0 Å². The molecule has 2 aliphatic heterocycles. The normalized spacial score (nSPS) is 35.6. The molecule has 7 heteroatoms. The first-order chi connectivity index (χ1) is 15.7. The number of carbonyl (C=O) groups excluding carboxylic acids is 1. The number of methoxy groups -OCH3 is 1. The van der Waals surface area contributed by atoms with Gasteiger partial charge in [-0.3, -0.25) is 0 Å². The fourth-order valence-electron chi connectivity index (χ4n) is 4.79. The Morgan fingerprint density at radius 3 is 2.30 bits per heavy atom. The van der Waals surface area contributed by atoms with Crippen LogP contribution in [-0.4, -0.2) is 60.3 Å². The number of hydrogen-bond donors (Lipinski definition) is 1. The van der Waals surface area contributed by atoms with E-state index in [2.05, 4.69) is 26.8 Å². The molecule has 0 aromatic heterocycles. The molecule has 3 rings (SSSR count). The van der Waals surface area contributed by atoms with Crippen LogP contribution in [0.1, 0.15) is 40.0 Å². The van der Waals surface area contributed by atoms with Gasteiger partial charge in [-0.1, -0.05) is 48.1 Å². The van der Waals surface area contributed by atoms with Crippen molar-refractivity contribution in [1.82, 2.24) is 0 Å². The van der Waals surface area contributed by atoms with Crippen molar-refractivity contribution in [3.63, 3.8) is 0 Å². The minimum atomic E-state index is -1.00. The van der Waals surface area contributed by atoms with Crippen molar-refractivity contribution in [3.05, 3.63) is 60.3 Å². The van der Waals surface area contributed by atoms with E-state index in [0.29, 0.717) is 13.0 Å². The Morgan fingerprint density at radius 1 is 1.09 bits per heavy atom. The summed E-state index contributed by atoms with van der Waals surface area (Å²) < 4.78 is 23.8. The minimum Gasteiger partial charge on any atom is -0.478 e. The van der Waals surface area contributed by atoms with Gasteiger partial charge in [-0.2, -0.15) is 0 Å². The predicted octanol–water partition coefficient (Wildman–Crippen LogP) is 3.92. The molecule has 1 N–H and O–H groups in total. The fraction of sp³-hybridized carbons (Fsp3) is 0.538. The molecule has 0 bridgehead atoms. The number of hydrogen-bond acceptors (Lipinski definition) is 6. The maximum Gasteiger partial charge on any atom is 0.331 e. The summed E-state index contributed by atoms with van der Waals surface area (Å²) in [5.74, 6) is -1.45. The Hall–Kier alpha value is -2.48. The number of epoxide rings is 2. The molecule has 1 spiro atoms. The SMILES string of the molecule is COC1C(OC(=O)/C=C/C=C/C=C/C=C/C(=O)O)CC[C@]2(CO2)C1C1(C)O[C@@H]1CC=C(C)C. The first-order valence-corrected chi connectivity index (χ1v) is 11.3. The maximum absolute atomic E-state index is 12.4. The van der Waals surface area contributed by atoms with Gasteiger partial charge in [0.25, 0.3) is 0 Å². The van der Waals surface area contributed by atoms with Gasteiger partial charge in [-0.15, -0.1) is 0 Å². The van der Waals surface area contributed by atoms with Crippen LogP contribution in [0, 0.1) is 5.92 Å². The average molecular weight is 459 g/mol.